The fourth-order valence-corrected chi connectivity index (χ4v) is 2.37. The third-order valence-electron chi connectivity index (χ3n) is 3.10. The van der Waals surface area contributed by atoms with Gasteiger partial charge in [-0.25, -0.2) is 0 Å². The van der Waals surface area contributed by atoms with Crippen LogP contribution in [0.3, 0.4) is 0 Å². The second-order valence-corrected chi connectivity index (χ2v) is 5.38. The summed E-state index contributed by atoms with van der Waals surface area (Å²) in [4.78, 5) is 11.5. The third-order valence-corrected chi connectivity index (χ3v) is 3.59. The Kier molecular flexibility index (Phi) is 5.22. The lowest BCUT2D eigenvalue weighted by molar-refractivity contribution is 0.0963. The summed E-state index contributed by atoms with van der Waals surface area (Å²) in [5.41, 5.74) is 2.65. The van der Waals surface area contributed by atoms with Crippen LogP contribution in [0.25, 0.3) is 0 Å². The van der Waals surface area contributed by atoms with Crippen molar-refractivity contribution in [3.05, 3.63) is 58.1 Å². The monoisotopic (exact) mass is 348 g/mol. The van der Waals surface area contributed by atoms with E-state index in [1.54, 1.807) is 26.3 Å². The lowest BCUT2D eigenvalue weighted by atomic mass is 10.1. The Morgan fingerprint density at radius 1 is 1.19 bits per heavy atom. The van der Waals surface area contributed by atoms with Crippen LogP contribution in [0.1, 0.15) is 15.9 Å². The number of nitrogens with one attached hydrogen (secondary N) is 2. The summed E-state index contributed by atoms with van der Waals surface area (Å²) in [6.45, 7) is 0.641. The van der Waals surface area contributed by atoms with Crippen molar-refractivity contribution >= 4 is 27.5 Å². The number of benzene rings is 2. The Morgan fingerprint density at radius 2 is 1.90 bits per heavy atom. The van der Waals surface area contributed by atoms with E-state index in [-0.39, 0.29) is 5.91 Å². The largest absolute Gasteiger partial charge is 0.496 e. The zero-order chi connectivity index (χ0) is 15.2. The summed E-state index contributed by atoms with van der Waals surface area (Å²) in [5, 5.41) is 5.91. The maximum absolute atomic E-state index is 11.5. The van der Waals surface area contributed by atoms with Crippen LogP contribution >= 0.6 is 15.9 Å². The molecule has 0 heterocycles. The van der Waals surface area contributed by atoms with E-state index in [4.69, 9.17) is 4.74 Å². The van der Waals surface area contributed by atoms with Crippen LogP contribution < -0.4 is 15.4 Å². The summed E-state index contributed by atoms with van der Waals surface area (Å²) in [6.07, 6.45) is 0. The summed E-state index contributed by atoms with van der Waals surface area (Å²) in [7, 11) is 3.28. The molecule has 1 amide bonds. The van der Waals surface area contributed by atoms with Crippen LogP contribution in [0.15, 0.2) is 46.9 Å². The molecular weight excluding hydrogens is 332 g/mol. The van der Waals surface area contributed by atoms with Gasteiger partial charge >= 0.3 is 0 Å². The minimum atomic E-state index is -0.0878. The molecule has 0 saturated heterocycles. The van der Waals surface area contributed by atoms with Crippen LogP contribution in [0.2, 0.25) is 0 Å². The Morgan fingerprint density at radius 3 is 2.52 bits per heavy atom. The van der Waals surface area contributed by atoms with Crippen LogP contribution in [0.5, 0.6) is 5.75 Å². The molecule has 0 aliphatic heterocycles. The van der Waals surface area contributed by atoms with E-state index >= 15 is 0 Å². The fourth-order valence-electron chi connectivity index (χ4n) is 1.97. The van der Waals surface area contributed by atoms with Gasteiger partial charge in [-0.3, -0.25) is 4.79 Å². The molecule has 0 saturated carbocycles. The van der Waals surface area contributed by atoms with Crippen molar-refractivity contribution in [2.24, 2.45) is 0 Å². The quantitative estimate of drug-likeness (QED) is 0.870. The smallest absolute Gasteiger partial charge is 0.251 e. The number of rotatable bonds is 5. The molecule has 0 unspecified atom stereocenters. The predicted molar refractivity (Wildman–Crippen MR) is 87.9 cm³/mol. The number of methoxy groups -OCH3 is 1. The summed E-state index contributed by atoms with van der Waals surface area (Å²) in [5.74, 6) is 0.753. The van der Waals surface area contributed by atoms with Crippen molar-refractivity contribution in [2.75, 3.05) is 19.5 Å². The van der Waals surface area contributed by atoms with Gasteiger partial charge in [-0.05, 0) is 42.5 Å². The molecule has 0 radical (unpaired) electrons. The molecule has 0 aliphatic carbocycles. The van der Waals surface area contributed by atoms with Gasteiger partial charge in [0, 0.05) is 34.9 Å². The van der Waals surface area contributed by atoms with Crippen LogP contribution in [-0.4, -0.2) is 20.1 Å². The number of amides is 1. The highest BCUT2D eigenvalue weighted by Gasteiger charge is 2.05. The number of halogens is 1. The summed E-state index contributed by atoms with van der Waals surface area (Å²) in [6, 6.07) is 13.2. The average Bonchev–Trinajstić information content (AvgIpc) is 2.52. The highest BCUT2D eigenvalue weighted by atomic mass is 79.9. The summed E-state index contributed by atoms with van der Waals surface area (Å²) >= 11 is 3.46. The van der Waals surface area contributed by atoms with Gasteiger partial charge in [-0.1, -0.05) is 15.9 Å². The van der Waals surface area contributed by atoms with E-state index < -0.39 is 0 Å². The average molecular weight is 349 g/mol. The molecule has 0 fully saturated rings. The van der Waals surface area contributed by atoms with Crippen molar-refractivity contribution in [1.29, 1.82) is 0 Å². The first-order valence-corrected chi connectivity index (χ1v) is 7.31. The Labute approximate surface area is 132 Å². The van der Waals surface area contributed by atoms with Gasteiger partial charge in [0.1, 0.15) is 5.75 Å². The van der Waals surface area contributed by atoms with Crippen molar-refractivity contribution in [3.63, 3.8) is 0 Å². The molecule has 21 heavy (non-hydrogen) atoms. The Balaban J connectivity index is 2.06. The highest BCUT2D eigenvalue weighted by Crippen LogP contribution is 2.24. The molecule has 0 atom stereocenters. The molecule has 0 bridgehead atoms. The van der Waals surface area contributed by atoms with E-state index in [0.29, 0.717) is 12.1 Å². The summed E-state index contributed by atoms with van der Waals surface area (Å²) < 4.78 is 6.35. The number of carbonyl (C=O) groups excluding carboxylic acids is 1. The first-order chi connectivity index (χ1) is 10.1. The molecule has 2 N–H and O–H groups in total. The highest BCUT2D eigenvalue weighted by molar-refractivity contribution is 9.10. The van der Waals surface area contributed by atoms with Gasteiger partial charge in [0.05, 0.1) is 7.11 Å². The first-order valence-electron chi connectivity index (χ1n) is 6.52. The lowest BCUT2D eigenvalue weighted by Crippen LogP contribution is -2.17. The normalized spacial score (nSPS) is 10.0. The number of anilines is 1. The first kappa shape index (κ1) is 15.4. The molecule has 4 nitrogen and oxygen atoms in total. The maximum Gasteiger partial charge on any atom is 0.251 e. The number of hydrogen-bond donors (Lipinski definition) is 2. The molecule has 2 rings (SSSR count). The van der Waals surface area contributed by atoms with E-state index in [1.165, 1.54) is 0 Å². The molecule has 0 aromatic heterocycles. The molecule has 5 heteroatoms. The van der Waals surface area contributed by atoms with E-state index in [1.807, 2.05) is 30.3 Å². The lowest BCUT2D eigenvalue weighted by Gasteiger charge is -2.11. The van der Waals surface area contributed by atoms with Crippen LogP contribution in [-0.2, 0) is 6.54 Å². The van der Waals surface area contributed by atoms with E-state index in [9.17, 15) is 4.79 Å². The van der Waals surface area contributed by atoms with E-state index in [0.717, 1.165) is 21.5 Å². The molecule has 110 valence electrons. The SMILES string of the molecule is CNC(=O)c1ccc(NCc2cc(Br)ccc2OC)cc1. The van der Waals surface area contributed by atoms with E-state index in [2.05, 4.69) is 26.6 Å². The zero-order valence-corrected chi connectivity index (χ0v) is 13.5. The van der Waals surface area contributed by atoms with Crippen molar-refractivity contribution in [1.82, 2.24) is 5.32 Å². The van der Waals surface area contributed by atoms with Gasteiger partial charge < -0.3 is 15.4 Å². The Bertz CT molecular complexity index is 627. The number of ether oxygens (including phenoxy) is 1. The third kappa shape index (κ3) is 3.98. The molecule has 0 spiro atoms. The Hall–Kier alpha value is -2.01. The molecule has 2 aromatic rings. The number of carbonyl (C=O) groups is 1. The second-order valence-electron chi connectivity index (χ2n) is 4.47. The standard InChI is InChI=1S/C16H17BrN2O2/c1-18-16(20)11-3-6-14(7-4-11)19-10-12-9-13(17)5-8-15(12)21-2/h3-9,19H,10H2,1-2H3,(H,18,20). The van der Waals surface area contributed by atoms with Crippen molar-refractivity contribution in [3.8, 4) is 5.75 Å². The molecule has 2 aromatic carbocycles. The number of hydrogen-bond acceptors (Lipinski definition) is 3. The second kappa shape index (κ2) is 7.13. The van der Waals surface area contributed by atoms with Gasteiger partial charge in [-0.2, -0.15) is 0 Å². The van der Waals surface area contributed by atoms with Crippen LogP contribution in [0.4, 0.5) is 5.69 Å². The van der Waals surface area contributed by atoms with Crippen molar-refractivity contribution < 1.29 is 9.53 Å². The zero-order valence-electron chi connectivity index (χ0n) is 11.9. The minimum Gasteiger partial charge on any atom is -0.496 e. The minimum absolute atomic E-state index is 0.0878. The van der Waals surface area contributed by atoms with Gasteiger partial charge in [0.25, 0.3) is 5.91 Å². The fraction of sp³-hybridized carbons (Fsp3) is 0.188. The molecular formula is C16H17BrN2O2. The topological polar surface area (TPSA) is 50.4 Å². The van der Waals surface area contributed by atoms with Gasteiger partial charge in [0.2, 0.25) is 0 Å². The van der Waals surface area contributed by atoms with Crippen LogP contribution in [0, 0.1) is 0 Å². The maximum atomic E-state index is 11.5. The predicted octanol–water partition coefficient (Wildman–Crippen LogP) is 3.43. The van der Waals surface area contributed by atoms with Gasteiger partial charge in [0.15, 0.2) is 0 Å². The van der Waals surface area contributed by atoms with Gasteiger partial charge in [-0.15, -0.1) is 0 Å². The van der Waals surface area contributed by atoms with Crippen molar-refractivity contribution in [2.45, 2.75) is 6.54 Å². The molecule has 0 aliphatic rings.